The summed E-state index contributed by atoms with van der Waals surface area (Å²) in [5.41, 5.74) is 3.02. The van der Waals surface area contributed by atoms with Crippen molar-refractivity contribution in [2.24, 2.45) is 0 Å². The highest BCUT2D eigenvalue weighted by Gasteiger charge is 2.19. The van der Waals surface area contributed by atoms with Crippen LogP contribution in [0.25, 0.3) is 11.5 Å². The third-order valence-corrected chi connectivity index (χ3v) is 4.92. The van der Waals surface area contributed by atoms with Crippen molar-refractivity contribution in [3.05, 3.63) is 88.6 Å². The molecule has 5 nitrogen and oxygen atoms in total. The number of hydrogen-bond acceptors (Lipinski definition) is 5. The van der Waals surface area contributed by atoms with E-state index >= 15 is 0 Å². The summed E-state index contributed by atoms with van der Waals surface area (Å²) < 4.78 is 5.54. The zero-order chi connectivity index (χ0) is 18.5. The second kappa shape index (κ2) is 7.97. The van der Waals surface area contributed by atoms with Crippen molar-refractivity contribution in [1.29, 1.82) is 0 Å². The Morgan fingerprint density at radius 3 is 2.22 bits per heavy atom. The van der Waals surface area contributed by atoms with Gasteiger partial charge in [-0.3, -0.25) is 10.1 Å². The summed E-state index contributed by atoms with van der Waals surface area (Å²) in [6.07, 6.45) is 0.282. The fraction of sp³-hybridized carbons (Fsp3) is 0.0952. The highest BCUT2D eigenvalue weighted by molar-refractivity contribution is 7.08. The number of carbonyl (C=O) groups is 1. The molecule has 0 saturated carbocycles. The lowest BCUT2D eigenvalue weighted by atomic mass is 9.88. The van der Waals surface area contributed by atoms with Gasteiger partial charge in [0.05, 0.1) is 0 Å². The third kappa shape index (κ3) is 4.12. The van der Waals surface area contributed by atoms with E-state index in [1.165, 1.54) is 0 Å². The van der Waals surface area contributed by atoms with Gasteiger partial charge in [-0.05, 0) is 22.6 Å². The quantitative estimate of drug-likeness (QED) is 0.517. The van der Waals surface area contributed by atoms with Crippen LogP contribution in [0, 0.1) is 0 Å². The number of anilines is 1. The van der Waals surface area contributed by atoms with Gasteiger partial charge in [0.15, 0.2) is 0 Å². The van der Waals surface area contributed by atoms with Crippen molar-refractivity contribution < 1.29 is 9.21 Å². The fourth-order valence-electron chi connectivity index (χ4n) is 2.93. The number of hydrogen-bond donors (Lipinski definition) is 1. The standard InChI is InChI=1S/C21H17N3O2S/c25-19(22-21-24-23-20(26-21)17-11-12-27-14-17)13-18(15-7-3-1-4-8-15)16-9-5-2-6-10-16/h1-12,14,18H,13H2,(H,22,24,25). The molecule has 1 amide bonds. The van der Waals surface area contributed by atoms with E-state index in [4.69, 9.17) is 4.42 Å². The third-order valence-electron chi connectivity index (χ3n) is 4.23. The molecule has 0 saturated heterocycles. The van der Waals surface area contributed by atoms with Crippen LogP contribution in [0.5, 0.6) is 0 Å². The number of aromatic nitrogens is 2. The molecule has 0 aliphatic rings. The molecular weight excluding hydrogens is 358 g/mol. The number of thiophene rings is 1. The lowest BCUT2D eigenvalue weighted by Gasteiger charge is -2.17. The monoisotopic (exact) mass is 375 g/mol. The zero-order valence-corrected chi connectivity index (χ0v) is 15.2. The van der Waals surface area contributed by atoms with E-state index in [0.717, 1.165) is 16.7 Å². The summed E-state index contributed by atoms with van der Waals surface area (Å²) in [6.45, 7) is 0. The molecule has 0 unspecified atom stereocenters. The van der Waals surface area contributed by atoms with Gasteiger partial charge in [-0.1, -0.05) is 65.8 Å². The van der Waals surface area contributed by atoms with Crippen LogP contribution in [0.1, 0.15) is 23.5 Å². The molecule has 0 atom stereocenters. The summed E-state index contributed by atoms with van der Waals surface area (Å²) >= 11 is 1.55. The van der Waals surface area contributed by atoms with Gasteiger partial charge < -0.3 is 4.42 Å². The van der Waals surface area contributed by atoms with Gasteiger partial charge >= 0.3 is 6.01 Å². The van der Waals surface area contributed by atoms with Crippen LogP contribution in [-0.2, 0) is 4.79 Å². The first-order chi connectivity index (χ1) is 13.3. The van der Waals surface area contributed by atoms with Crippen LogP contribution in [-0.4, -0.2) is 16.1 Å². The molecule has 0 fully saturated rings. The molecule has 0 radical (unpaired) electrons. The van der Waals surface area contributed by atoms with Crippen LogP contribution in [0.3, 0.4) is 0 Å². The van der Waals surface area contributed by atoms with Gasteiger partial charge in [0, 0.05) is 23.3 Å². The van der Waals surface area contributed by atoms with Crippen molar-refractivity contribution in [2.75, 3.05) is 5.32 Å². The van der Waals surface area contributed by atoms with E-state index in [1.807, 2.05) is 77.5 Å². The Labute approximate surface area is 160 Å². The topological polar surface area (TPSA) is 68.0 Å². The van der Waals surface area contributed by atoms with Gasteiger partial charge in [0.2, 0.25) is 5.91 Å². The van der Waals surface area contributed by atoms with E-state index in [9.17, 15) is 4.79 Å². The molecule has 4 rings (SSSR count). The number of nitrogens with zero attached hydrogens (tertiary/aromatic N) is 2. The van der Waals surface area contributed by atoms with Crippen molar-refractivity contribution in [3.8, 4) is 11.5 Å². The normalized spacial score (nSPS) is 10.9. The van der Waals surface area contributed by atoms with Crippen molar-refractivity contribution in [1.82, 2.24) is 10.2 Å². The lowest BCUT2D eigenvalue weighted by Crippen LogP contribution is -2.16. The van der Waals surface area contributed by atoms with Crippen LogP contribution >= 0.6 is 11.3 Å². The van der Waals surface area contributed by atoms with Gasteiger partial charge in [0.25, 0.3) is 5.89 Å². The van der Waals surface area contributed by atoms with E-state index in [0.29, 0.717) is 5.89 Å². The Bertz CT molecular complexity index is 959. The predicted octanol–water partition coefficient (Wildman–Crippen LogP) is 4.96. The Hall–Kier alpha value is -3.25. The van der Waals surface area contributed by atoms with Crippen molar-refractivity contribution >= 4 is 23.3 Å². The molecule has 6 heteroatoms. The van der Waals surface area contributed by atoms with Crippen LogP contribution in [0.15, 0.2) is 81.9 Å². The number of amides is 1. The minimum atomic E-state index is -0.173. The Morgan fingerprint density at radius 1 is 0.963 bits per heavy atom. The largest absolute Gasteiger partial charge is 0.403 e. The van der Waals surface area contributed by atoms with E-state index < -0.39 is 0 Å². The second-order valence-corrected chi connectivity index (χ2v) is 6.83. The highest BCUT2D eigenvalue weighted by atomic mass is 32.1. The SMILES string of the molecule is O=C(CC(c1ccccc1)c1ccccc1)Nc1nnc(-c2ccsc2)o1. The minimum absolute atomic E-state index is 0.0494. The van der Waals surface area contributed by atoms with Gasteiger partial charge in [-0.2, -0.15) is 11.3 Å². The maximum Gasteiger partial charge on any atom is 0.322 e. The molecule has 27 heavy (non-hydrogen) atoms. The number of rotatable bonds is 6. The van der Waals surface area contributed by atoms with E-state index in [1.54, 1.807) is 11.3 Å². The fourth-order valence-corrected chi connectivity index (χ4v) is 3.56. The van der Waals surface area contributed by atoms with Gasteiger partial charge in [-0.15, -0.1) is 5.10 Å². The first kappa shape index (κ1) is 17.2. The lowest BCUT2D eigenvalue weighted by molar-refractivity contribution is -0.116. The van der Waals surface area contributed by atoms with Gasteiger partial charge in [-0.25, -0.2) is 0 Å². The highest BCUT2D eigenvalue weighted by Crippen LogP contribution is 2.28. The smallest absolute Gasteiger partial charge is 0.322 e. The zero-order valence-electron chi connectivity index (χ0n) is 14.4. The average Bonchev–Trinajstić information content (AvgIpc) is 3.39. The van der Waals surface area contributed by atoms with Crippen molar-refractivity contribution in [2.45, 2.75) is 12.3 Å². The second-order valence-electron chi connectivity index (χ2n) is 6.05. The number of carbonyl (C=O) groups excluding carboxylic acids is 1. The van der Waals surface area contributed by atoms with Gasteiger partial charge in [0.1, 0.15) is 0 Å². The summed E-state index contributed by atoms with van der Waals surface area (Å²) in [5, 5.41) is 14.5. The predicted molar refractivity (Wildman–Crippen MR) is 106 cm³/mol. The Kier molecular flexibility index (Phi) is 5.07. The Morgan fingerprint density at radius 2 is 1.63 bits per heavy atom. The van der Waals surface area contributed by atoms with Crippen LogP contribution < -0.4 is 5.32 Å². The average molecular weight is 375 g/mol. The summed E-state index contributed by atoms with van der Waals surface area (Å²) in [4.78, 5) is 12.6. The van der Waals surface area contributed by atoms with Crippen molar-refractivity contribution in [3.63, 3.8) is 0 Å². The molecule has 0 aliphatic carbocycles. The molecular formula is C21H17N3O2S. The summed E-state index contributed by atoms with van der Waals surface area (Å²) in [5.74, 6) is 0.175. The number of nitrogens with one attached hydrogen (secondary N) is 1. The first-order valence-electron chi connectivity index (χ1n) is 8.55. The summed E-state index contributed by atoms with van der Waals surface area (Å²) in [6, 6.07) is 22.0. The summed E-state index contributed by atoms with van der Waals surface area (Å²) in [7, 11) is 0. The van der Waals surface area contributed by atoms with E-state index in [-0.39, 0.29) is 24.3 Å². The molecule has 0 aliphatic heterocycles. The molecule has 4 aromatic rings. The van der Waals surface area contributed by atoms with E-state index in [2.05, 4.69) is 15.5 Å². The van der Waals surface area contributed by atoms with Crippen LogP contribution in [0.2, 0.25) is 0 Å². The molecule has 1 N–H and O–H groups in total. The number of benzene rings is 2. The molecule has 134 valence electrons. The molecule has 2 heterocycles. The molecule has 0 spiro atoms. The van der Waals surface area contributed by atoms with Crippen LogP contribution in [0.4, 0.5) is 6.01 Å². The maximum atomic E-state index is 12.6. The minimum Gasteiger partial charge on any atom is -0.403 e. The Balaban J connectivity index is 1.51. The molecule has 0 bridgehead atoms. The first-order valence-corrected chi connectivity index (χ1v) is 9.50. The molecule has 2 aromatic carbocycles. The maximum absolute atomic E-state index is 12.6. The molecule has 2 aromatic heterocycles.